The van der Waals surface area contributed by atoms with Gasteiger partial charge in [0.1, 0.15) is 11.0 Å². The molecule has 8 nitrogen and oxygen atoms in total. The fourth-order valence-electron chi connectivity index (χ4n) is 3.67. The molecule has 1 fully saturated rings. The monoisotopic (exact) mass is 395 g/mol. The Morgan fingerprint density at radius 2 is 2.11 bits per heavy atom. The molecular formula is C18H29N5O3S. The van der Waals surface area contributed by atoms with Crippen molar-refractivity contribution in [2.75, 3.05) is 6.61 Å². The maximum absolute atomic E-state index is 13.2. The molecule has 0 aromatic carbocycles. The second-order valence-corrected chi connectivity index (χ2v) is 9.34. The molecule has 2 aromatic heterocycles. The minimum atomic E-state index is -3.71. The third-order valence-corrected chi connectivity index (χ3v) is 6.55. The van der Waals surface area contributed by atoms with Gasteiger partial charge in [0, 0.05) is 32.0 Å². The Morgan fingerprint density at radius 3 is 2.74 bits per heavy atom. The first-order valence-electron chi connectivity index (χ1n) is 9.35. The molecule has 0 radical (unpaired) electrons. The van der Waals surface area contributed by atoms with Gasteiger partial charge in [-0.25, -0.2) is 13.1 Å². The number of ether oxygens (including phenoxy) is 1. The first-order valence-corrected chi connectivity index (χ1v) is 10.8. The van der Waals surface area contributed by atoms with Gasteiger partial charge in [0.05, 0.1) is 23.6 Å². The van der Waals surface area contributed by atoms with Crippen LogP contribution in [0.3, 0.4) is 0 Å². The summed E-state index contributed by atoms with van der Waals surface area (Å²) in [5, 5.41) is 8.63. The molecule has 0 spiro atoms. The predicted octanol–water partition coefficient (Wildman–Crippen LogP) is 2.09. The molecule has 27 heavy (non-hydrogen) atoms. The van der Waals surface area contributed by atoms with Crippen LogP contribution in [0, 0.1) is 19.8 Å². The van der Waals surface area contributed by atoms with Crippen molar-refractivity contribution in [1.82, 2.24) is 24.3 Å². The van der Waals surface area contributed by atoms with Crippen LogP contribution in [0.1, 0.15) is 49.7 Å². The second-order valence-electron chi connectivity index (χ2n) is 7.68. The van der Waals surface area contributed by atoms with E-state index in [0.717, 1.165) is 18.4 Å². The summed E-state index contributed by atoms with van der Waals surface area (Å²) >= 11 is 0. The Hall–Kier alpha value is -1.71. The van der Waals surface area contributed by atoms with E-state index in [1.54, 1.807) is 22.5 Å². The van der Waals surface area contributed by atoms with E-state index in [1.807, 2.05) is 20.2 Å². The maximum Gasteiger partial charge on any atom is 0.244 e. The second kappa shape index (κ2) is 7.73. The van der Waals surface area contributed by atoms with Crippen LogP contribution in [0.25, 0.3) is 0 Å². The van der Waals surface area contributed by atoms with E-state index < -0.39 is 10.0 Å². The van der Waals surface area contributed by atoms with Crippen molar-refractivity contribution >= 4 is 10.0 Å². The highest BCUT2D eigenvalue weighted by Gasteiger charge is 2.34. The zero-order chi connectivity index (χ0) is 19.8. The Balaban J connectivity index is 1.88. The zero-order valence-electron chi connectivity index (χ0n) is 16.6. The minimum absolute atomic E-state index is 0.277. The molecule has 1 aliphatic heterocycles. The van der Waals surface area contributed by atoms with Crippen molar-refractivity contribution in [1.29, 1.82) is 0 Å². The van der Waals surface area contributed by atoms with Crippen LogP contribution in [0.4, 0.5) is 0 Å². The number of rotatable bonds is 6. The van der Waals surface area contributed by atoms with Gasteiger partial charge in [0.25, 0.3) is 0 Å². The number of nitrogens with zero attached hydrogens (tertiary/aromatic N) is 4. The lowest BCUT2D eigenvalue weighted by atomic mass is 9.99. The van der Waals surface area contributed by atoms with E-state index >= 15 is 0 Å². The summed E-state index contributed by atoms with van der Waals surface area (Å²) < 4.78 is 38.6. The first kappa shape index (κ1) is 20.0. The SMILES string of the molecule is Cc1nn(CC(C)C)c(C)c1S(=O)(=O)N[C@H]1CCCO[C@@H]1c1cnn(C)c1. The van der Waals surface area contributed by atoms with E-state index in [-0.39, 0.29) is 17.0 Å². The summed E-state index contributed by atoms with van der Waals surface area (Å²) in [5.41, 5.74) is 2.08. The Bertz CT molecular complexity index is 900. The highest BCUT2D eigenvalue weighted by atomic mass is 32.2. The largest absolute Gasteiger partial charge is 0.372 e. The van der Waals surface area contributed by atoms with Gasteiger partial charge in [0.2, 0.25) is 10.0 Å². The minimum Gasteiger partial charge on any atom is -0.372 e. The molecule has 0 bridgehead atoms. The first-order chi connectivity index (χ1) is 12.7. The molecule has 1 saturated heterocycles. The molecule has 0 saturated carbocycles. The van der Waals surface area contributed by atoms with E-state index in [9.17, 15) is 8.42 Å². The van der Waals surface area contributed by atoms with Crippen LogP contribution in [0.15, 0.2) is 17.3 Å². The Kier molecular flexibility index (Phi) is 5.73. The molecule has 0 aliphatic carbocycles. The average Bonchev–Trinajstić information content (AvgIpc) is 3.11. The quantitative estimate of drug-likeness (QED) is 0.809. The maximum atomic E-state index is 13.2. The molecule has 0 unspecified atom stereocenters. The zero-order valence-corrected chi connectivity index (χ0v) is 17.5. The fraction of sp³-hybridized carbons (Fsp3) is 0.667. The molecule has 1 N–H and O–H groups in total. The number of hydrogen-bond donors (Lipinski definition) is 1. The van der Waals surface area contributed by atoms with Crippen LogP contribution in [0.2, 0.25) is 0 Å². The highest BCUT2D eigenvalue weighted by Crippen LogP contribution is 2.30. The third kappa shape index (κ3) is 4.25. The number of nitrogens with one attached hydrogen (secondary N) is 1. The Morgan fingerprint density at radius 1 is 1.37 bits per heavy atom. The highest BCUT2D eigenvalue weighted by molar-refractivity contribution is 7.89. The van der Waals surface area contributed by atoms with E-state index in [2.05, 4.69) is 28.8 Å². The van der Waals surface area contributed by atoms with Gasteiger partial charge in [-0.1, -0.05) is 13.8 Å². The van der Waals surface area contributed by atoms with Gasteiger partial charge in [0.15, 0.2) is 0 Å². The van der Waals surface area contributed by atoms with Gasteiger partial charge in [-0.3, -0.25) is 9.36 Å². The van der Waals surface area contributed by atoms with Crippen LogP contribution in [-0.4, -0.2) is 40.6 Å². The van der Waals surface area contributed by atoms with Crippen molar-refractivity contribution in [3.8, 4) is 0 Å². The van der Waals surface area contributed by atoms with Crippen molar-refractivity contribution in [2.24, 2.45) is 13.0 Å². The number of aromatic nitrogens is 4. The van der Waals surface area contributed by atoms with Gasteiger partial charge < -0.3 is 4.74 Å². The third-order valence-electron chi connectivity index (χ3n) is 4.80. The van der Waals surface area contributed by atoms with Crippen molar-refractivity contribution in [2.45, 2.75) is 64.1 Å². The van der Waals surface area contributed by atoms with Crippen LogP contribution in [-0.2, 0) is 28.4 Å². The fourth-order valence-corrected chi connectivity index (χ4v) is 5.35. The summed E-state index contributed by atoms with van der Waals surface area (Å²) in [6.45, 7) is 9.03. The molecule has 2 aromatic rings. The number of aryl methyl sites for hydroxylation is 2. The lowest BCUT2D eigenvalue weighted by Gasteiger charge is -2.31. The molecule has 1 aliphatic rings. The lowest BCUT2D eigenvalue weighted by molar-refractivity contribution is -0.00447. The smallest absolute Gasteiger partial charge is 0.244 e. The molecule has 3 heterocycles. The number of hydrogen-bond acceptors (Lipinski definition) is 5. The van der Waals surface area contributed by atoms with Gasteiger partial charge >= 0.3 is 0 Å². The molecular weight excluding hydrogens is 366 g/mol. The standard InChI is InChI=1S/C18H29N5O3S/c1-12(2)10-23-14(4)18(13(3)20-23)27(24,25)21-16-7-6-8-26-17(16)15-9-19-22(5)11-15/h9,11-12,16-17,21H,6-8,10H2,1-5H3/t16-,17+/m0/s1. The van der Waals surface area contributed by atoms with Crippen LogP contribution in [0.5, 0.6) is 0 Å². The van der Waals surface area contributed by atoms with Gasteiger partial charge in [-0.05, 0) is 32.6 Å². The summed E-state index contributed by atoms with van der Waals surface area (Å²) in [6, 6.07) is -0.333. The summed E-state index contributed by atoms with van der Waals surface area (Å²) in [5.74, 6) is 0.383. The van der Waals surface area contributed by atoms with Crippen LogP contribution < -0.4 is 4.72 Å². The summed E-state index contributed by atoms with van der Waals surface area (Å²) in [7, 11) is -1.88. The van der Waals surface area contributed by atoms with Crippen LogP contribution >= 0.6 is 0 Å². The molecule has 3 rings (SSSR count). The van der Waals surface area contributed by atoms with E-state index in [0.29, 0.717) is 30.5 Å². The Labute approximate surface area is 161 Å². The molecule has 2 atom stereocenters. The van der Waals surface area contributed by atoms with Gasteiger partial charge in [-0.15, -0.1) is 0 Å². The average molecular weight is 396 g/mol. The van der Waals surface area contributed by atoms with Crippen molar-refractivity contribution < 1.29 is 13.2 Å². The topological polar surface area (TPSA) is 91.0 Å². The molecule has 9 heteroatoms. The van der Waals surface area contributed by atoms with Gasteiger partial charge in [-0.2, -0.15) is 10.2 Å². The summed E-state index contributed by atoms with van der Waals surface area (Å²) in [4.78, 5) is 0.277. The molecule has 150 valence electrons. The van der Waals surface area contributed by atoms with E-state index in [1.165, 1.54) is 0 Å². The predicted molar refractivity (Wildman–Crippen MR) is 102 cm³/mol. The summed E-state index contributed by atoms with van der Waals surface area (Å²) in [6.07, 6.45) is 4.79. The van der Waals surface area contributed by atoms with Crippen molar-refractivity contribution in [3.05, 3.63) is 29.3 Å². The van der Waals surface area contributed by atoms with E-state index in [4.69, 9.17) is 4.74 Å². The lowest BCUT2D eigenvalue weighted by Crippen LogP contribution is -2.42. The number of sulfonamides is 1. The molecule has 0 amide bonds. The van der Waals surface area contributed by atoms with Crippen molar-refractivity contribution in [3.63, 3.8) is 0 Å². The normalized spacial score (nSPS) is 21.1.